The Hall–Kier alpha value is -2.75. The average Bonchev–Trinajstić information content (AvgIpc) is 3.70. The van der Waals surface area contributed by atoms with Crippen LogP contribution in [0.25, 0.3) is 0 Å². The highest BCUT2D eigenvalue weighted by atomic mass is 31.2. The lowest BCUT2D eigenvalue weighted by Crippen LogP contribution is -2.66. The highest BCUT2D eigenvalue weighted by molar-refractivity contribution is 7.79. The van der Waals surface area contributed by atoms with Crippen LogP contribution in [0.2, 0.25) is 5.04 Å². The van der Waals surface area contributed by atoms with Crippen molar-refractivity contribution in [2.24, 2.45) is 17.8 Å². The summed E-state index contributed by atoms with van der Waals surface area (Å²) >= 11 is 0. The van der Waals surface area contributed by atoms with Crippen LogP contribution in [-0.4, -0.2) is 31.8 Å². The van der Waals surface area contributed by atoms with Crippen molar-refractivity contribution >= 4 is 36.4 Å². The fourth-order valence-corrected chi connectivity index (χ4v) is 16.0. The van der Waals surface area contributed by atoms with E-state index in [0.29, 0.717) is 24.2 Å². The van der Waals surface area contributed by atoms with E-state index in [1.54, 1.807) is 0 Å². The summed E-state index contributed by atoms with van der Waals surface area (Å²) < 4.78 is 22.5. The molecular weight excluding hydrogens is 563 g/mol. The van der Waals surface area contributed by atoms with Crippen LogP contribution in [0, 0.1) is 17.8 Å². The van der Waals surface area contributed by atoms with E-state index in [-0.39, 0.29) is 10.7 Å². The third-order valence-electron chi connectivity index (χ3n) is 10.2. The largest absolute Gasteiger partial charge is 0.407 e. The molecule has 2 saturated carbocycles. The lowest BCUT2D eigenvalue weighted by molar-refractivity contribution is 0.143. The Morgan fingerprint density at radius 1 is 0.674 bits per heavy atom. The Kier molecular flexibility index (Phi) is 8.68. The van der Waals surface area contributed by atoms with Crippen molar-refractivity contribution in [1.29, 1.82) is 0 Å². The molecule has 43 heavy (non-hydrogen) atoms. The molecule has 2 aliphatic carbocycles. The normalized spacial score (nSPS) is 24.4. The molecule has 4 aromatic rings. The molecule has 0 spiro atoms. The fraction of sp³-hybridized carbons (Fsp3) is 0.368. The number of aliphatic hydroxyl groups is 1. The van der Waals surface area contributed by atoms with E-state index in [9.17, 15) is 5.11 Å². The number of rotatable bonds is 8. The molecular formula is C38H45O3PSi. The van der Waals surface area contributed by atoms with Gasteiger partial charge < -0.3 is 14.1 Å². The summed E-state index contributed by atoms with van der Waals surface area (Å²) in [6, 6.07) is 41.5. The Balaban J connectivity index is 1.26. The topological polar surface area (TPSA) is 46.5 Å². The van der Waals surface area contributed by atoms with Gasteiger partial charge in [0.05, 0.1) is 6.10 Å². The van der Waals surface area contributed by atoms with E-state index < -0.39 is 21.6 Å². The second-order valence-electron chi connectivity index (χ2n) is 13.6. The van der Waals surface area contributed by atoms with Gasteiger partial charge in [0, 0.05) is 22.9 Å². The molecule has 6 rings (SSSR count). The summed E-state index contributed by atoms with van der Waals surface area (Å²) in [6.45, 7) is 7.74. The van der Waals surface area contributed by atoms with Gasteiger partial charge in [-0.1, -0.05) is 142 Å². The second-order valence-corrected chi connectivity index (χ2v) is 20.9. The van der Waals surface area contributed by atoms with Gasteiger partial charge in [-0.3, -0.25) is 0 Å². The van der Waals surface area contributed by atoms with Crippen molar-refractivity contribution < 1.29 is 14.1 Å². The molecule has 0 amide bonds. The minimum absolute atomic E-state index is 0.0527. The molecule has 3 nitrogen and oxygen atoms in total. The first-order chi connectivity index (χ1) is 20.8. The van der Waals surface area contributed by atoms with Crippen molar-refractivity contribution in [1.82, 2.24) is 0 Å². The lowest BCUT2D eigenvalue weighted by atomic mass is 9.98. The van der Waals surface area contributed by atoms with Crippen molar-refractivity contribution in [3.63, 3.8) is 0 Å². The van der Waals surface area contributed by atoms with Gasteiger partial charge in [-0.05, 0) is 58.8 Å². The first-order valence-electron chi connectivity index (χ1n) is 15.9. The van der Waals surface area contributed by atoms with Crippen LogP contribution in [0.3, 0.4) is 0 Å². The monoisotopic (exact) mass is 608 g/mol. The first-order valence-corrected chi connectivity index (χ1v) is 19.6. The molecule has 1 N–H and O–H groups in total. The zero-order valence-electron chi connectivity index (χ0n) is 25.7. The molecule has 224 valence electrons. The van der Waals surface area contributed by atoms with Gasteiger partial charge in [-0.2, -0.15) is 0 Å². The van der Waals surface area contributed by atoms with Crippen molar-refractivity contribution in [2.75, 3.05) is 6.61 Å². The minimum Gasteiger partial charge on any atom is -0.407 e. The SMILES string of the molecule is CC(C)(C)[Si](OC[C@H]1[C@@H]2CC[C@H](P(=O)(c3ccccc3)c3ccccc3)[C@@H](O)CC[C@@H]21)(c1ccccc1)c1ccccc1. The van der Waals surface area contributed by atoms with Crippen LogP contribution in [0.15, 0.2) is 121 Å². The third-order valence-corrected chi connectivity index (χ3v) is 18.9. The van der Waals surface area contributed by atoms with E-state index in [2.05, 4.69) is 81.4 Å². The maximum Gasteiger partial charge on any atom is 0.261 e. The van der Waals surface area contributed by atoms with Crippen LogP contribution < -0.4 is 21.0 Å². The van der Waals surface area contributed by atoms with Gasteiger partial charge >= 0.3 is 0 Å². The van der Waals surface area contributed by atoms with Gasteiger partial charge in [0.15, 0.2) is 0 Å². The molecule has 0 unspecified atom stereocenters. The molecule has 0 bridgehead atoms. The summed E-state index contributed by atoms with van der Waals surface area (Å²) in [4.78, 5) is 0. The third kappa shape index (κ3) is 5.64. The Labute approximate surface area is 258 Å². The summed E-state index contributed by atoms with van der Waals surface area (Å²) in [7, 11) is -5.65. The average molecular weight is 609 g/mol. The quantitative estimate of drug-likeness (QED) is 0.178. The lowest BCUT2D eigenvalue weighted by Gasteiger charge is -2.43. The molecule has 5 heteroatoms. The van der Waals surface area contributed by atoms with Gasteiger partial charge in [0.2, 0.25) is 0 Å². The van der Waals surface area contributed by atoms with E-state index in [0.717, 1.165) is 36.5 Å². The molecule has 2 fully saturated rings. The van der Waals surface area contributed by atoms with E-state index >= 15 is 4.57 Å². The molecule has 0 aliphatic heterocycles. The van der Waals surface area contributed by atoms with Gasteiger partial charge in [0.25, 0.3) is 8.32 Å². The zero-order chi connectivity index (χ0) is 30.1. The number of benzene rings is 4. The van der Waals surface area contributed by atoms with Crippen LogP contribution in [0.5, 0.6) is 0 Å². The predicted molar refractivity (Wildman–Crippen MR) is 182 cm³/mol. The van der Waals surface area contributed by atoms with Crippen molar-refractivity contribution in [2.45, 2.75) is 63.3 Å². The molecule has 5 atom stereocenters. The molecule has 2 aliphatic rings. The van der Waals surface area contributed by atoms with Gasteiger partial charge in [-0.25, -0.2) is 0 Å². The Morgan fingerprint density at radius 3 is 1.53 bits per heavy atom. The van der Waals surface area contributed by atoms with E-state index in [1.165, 1.54) is 10.4 Å². The first kappa shape index (κ1) is 30.3. The van der Waals surface area contributed by atoms with Crippen LogP contribution in [0.1, 0.15) is 46.5 Å². The van der Waals surface area contributed by atoms with E-state index in [4.69, 9.17) is 4.43 Å². The van der Waals surface area contributed by atoms with E-state index in [1.807, 2.05) is 60.7 Å². The highest BCUT2D eigenvalue weighted by Crippen LogP contribution is 2.59. The number of fused-ring (bicyclic) bond motifs is 1. The van der Waals surface area contributed by atoms with Crippen molar-refractivity contribution in [3.05, 3.63) is 121 Å². The molecule has 0 radical (unpaired) electrons. The standard InChI is InChI=1S/C38H45O3PSi/c1-38(2,3)43(31-20-12-6-13-21-31,32-22-14-7-15-23-32)41-28-35-33-24-26-36(39)37(27-25-34(33)35)42(40,29-16-8-4-9-17-29)30-18-10-5-11-19-30/h4-23,33-37,39H,24-28H2,1-3H3/t33-,34+,35+,36-,37-/m0/s1. The molecule has 0 saturated heterocycles. The summed E-state index contributed by atoms with van der Waals surface area (Å²) in [5.74, 6) is 1.58. The minimum atomic E-state index is -3.05. The molecule has 0 aromatic heterocycles. The maximum atomic E-state index is 15.2. The summed E-state index contributed by atoms with van der Waals surface area (Å²) in [6.07, 6.45) is 2.79. The van der Waals surface area contributed by atoms with Gasteiger partial charge in [-0.15, -0.1) is 0 Å². The second kappa shape index (κ2) is 12.3. The predicted octanol–water partition coefficient (Wildman–Crippen LogP) is 6.74. The van der Waals surface area contributed by atoms with Crippen LogP contribution in [-0.2, 0) is 8.99 Å². The highest BCUT2D eigenvalue weighted by Gasteiger charge is 2.56. The fourth-order valence-electron chi connectivity index (χ4n) is 7.98. The van der Waals surface area contributed by atoms with Crippen LogP contribution in [0.4, 0.5) is 0 Å². The maximum absolute atomic E-state index is 15.2. The Bertz CT molecular complexity index is 1440. The zero-order valence-corrected chi connectivity index (χ0v) is 27.6. The smallest absolute Gasteiger partial charge is 0.261 e. The Morgan fingerprint density at radius 2 is 1.09 bits per heavy atom. The summed E-state index contributed by atoms with van der Waals surface area (Å²) in [5.41, 5.74) is -0.280. The van der Waals surface area contributed by atoms with Gasteiger partial charge in [0.1, 0.15) is 7.14 Å². The number of aliphatic hydroxyl groups excluding tert-OH is 1. The molecule has 0 heterocycles. The molecule has 4 aromatic carbocycles. The van der Waals surface area contributed by atoms with Crippen LogP contribution >= 0.6 is 7.14 Å². The number of hydrogen-bond acceptors (Lipinski definition) is 3. The summed E-state index contributed by atoms with van der Waals surface area (Å²) in [5, 5.41) is 15.9. The van der Waals surface area contributed by atoms with Crippen molar-refractivity contribution in [3.8, 4) is 0 Å². The number of hydrogen-bond donors (Lipinski definition) is 1.